The van der Waals surface area contributed by atoms with Gasteiger partial charge in [0.1, 0.15) is 11.8 Å². The number of carbonyl (C=O) groups excluding carboxylic acids is 2. The SMILES string of the molecule is CCOc1ccc(N(CCCC(=O)N(Cc2ccccc2Cl)C(CC)C(=O)NC)S(C)(=O)=O)cc1. The van der Waals surface area contributed by atoms with Gasteiger partial charge in [0.15, 0.2) is 0 Å². The van der Waals surface area contributed by atoms with Gasteiger partial charge in [-0.1, -0.05) is 36.7 Å². The number of nitrogens with zero attached hydrogens (tertiary/aromatic N) is 2. The molecule has 2 aromatic rings. The second kappa shape index (κ2) is 13.3. The minimum Gasteiger partial charge on any atom is -0.494 e. The maximum absolute atomic E-state index is 13.3. The van der Waals surface area contributed by atoms with Crippen molar-refractivity contribution < 1.29 is 22.7 Å². The minimum atomic E-state index is -3.57. The van der Waals surface area contributed by atoms with Crippen LogP contribution < -0.4 is 14.4 Å². The lowest BCUT2D eigenvalue weighted by Crippen LogP contribution is -2.48. The van der Waals surface area contributed by atoms with E-state index in [9.17, 15) is 18.0 Å². The summed E-state index contributed by atoms with van der Waals surface area (Å²) in [5, 5.41) is 3.13. The van der Waals surface area contributed by atoms with E-state index in [0.29, 0.717) is 29.5 Å². The number of nitrogens with one attached hydrogen (secondary N) is 1. The highest BCUT2D eigenvalue weighted by atomic mass is 35.5. The first-order valence-electron chi connectivity index (χ1n) is 11.6. The van der Waals surface area contributed by atoms with Crippen LogP contribution in [0.15, 0.2) is 48.5 Å². The first kappa shape index (κ1) is 28.5. The fourth-order valence-electron chi connectivity index (χ4n) is 3.78. The first-order chi connectivity index (χ1) is 16.6. The van der Waals surface area contributed by atoms with Crippen LogP contribution in [0.4, 0.5) is 5.69 Å². The summed E-state index contributed by atoms with van der Waals surface area (Å²) in [7, 11) is -2.04. The Morgan fingerprint density at radius 1 is 1.09 bits per heavy atom. The number of ether oxygens (including phenoxy) is 1. The van der Waals surface area contributed by atoms with Crippen LogP contribution in [0, 0.1) is 0 Å². The summed E-state index contributed by atoms with van der Waals surface area (Å²) in [6.45, 7) is 4.52. The van der Waals surface area contributed by atoms with Crippen molar-refractivity contribution in [2.75, 3.05) is 30.8 Å². The Balaban J connectivity index is 2.18. The van der Waals surface area contributed by atoms with Crippen molar-refractivity contribution in [3.05, 3.63) is 59.1 Å². The third-order valence-electron chi connectivity index (χ3n) is 5.52. The van der Waals surface area contributed by atoms with Gasteiger partial charge in [0, 0.05) is 31.6 Å². The molecule has 1 atom stereocenters. The lowest BCUT2D eigenvalue weighted by Gasteiger charge is -2.31. The number of hydrogen-bond acceptors (Lipinski definition) is 5. The number of amides is 2. The van der Waals surface area contributed by atoms with Crippen molar-refractivity contribution in [2.45, 2.75) is 45.7 Å². The summed E-state index contributed by atoms with van der Waals surface area (Å²) in [4.78, 5) is 27.3. The van der Waals surface area contributed by atoms with Crippen molar-refractivity contribution in [1.29, 1.82) is 0 Å². The topological polar surface area (TPSA) is 96.0 Å². The molecule has 0 spiro atoms. The molecule has 0 heterocycles. The standard InChI is InChI=1S/C25H34ClN3O5S/c1-5-23(25(31)27-3)28(18-19-10-7-8-11-22(19)26)24(30)12-9-17-29(35(4,32)33)20-13-15-21(16-14-20)34-6-2/h7-8,10-11,13-16,23H,5-6,9,12,17-18H2,1-4H3,(H,27,31). The van der Waals surface area contributed by atoms with Crippen molar-refractivity contribution in [3.8, 4) is 5.75 Å². The Kier molecular flexibility index (Phi) is 10.9. The summed E-state index contributed by atoms with van der Waals surface area (Å²) in [5.41, 5.74) is 1.23. The van der Waals surface area contributed by atoms with Gasteiger partial charge < -0.3 is 15.0 Å². The van der Waals surface area contributed by atoms with Crippen LogP contribution in [0.5, 0.6) is 5.75 Å². The molecule has 1 N–H and O–H groups in total. The van der Waals surface area contributed by atoms with Gasteiger partial charge in [0.25, 0.3) is 0 Å². The van der Waals surface area contributed by atoms with E-state index in [0.717, 1.165) is 11.8 Å². The molecule has 0 aliphatic rings. The lowest BCUT2D eigenvalue weighted by atomic mass is 10.1. The molecular formula is C25H34ClN3O5S. The Morgan fingerprint density at radius 3 is 2.29 bits per heavy atom. The molecule has 8 nitrogen and oxygen atoms in total. The highest BCUT2D eigenvalue weighted by Gasteiger charge is 2.28. The molecule has 192 valence electrons. The van der Waals surface area contributed by atoms with Crippen LogP contribution in [0.25, 0.3) is 0 Å². The summed E-state index contributed by atoms with van der Waals surface area (Å²) in [6, 6.07) is 13.3. The Bertz CT molecular complexity index is 1090. The zero-order chi connectivity index (χ0) is 26.0. The summed E-state index contributed by atoms with van der Waals surface area (Å²) in [5.74, 6) is 0.135. The summed E-state index contributed by atoms with van der Waals surface area (Å²) >= 11 is 6.31. The molecule has 0 radical (unpaired) electrons. The van der Waals surface area contributed by atoms with E-state index in [1.54, 1.807) is 36.4 Å². The van der Waals surface area contributed by atoms with Crippen molar-refractivity contribution >= 4 is 39.1 Å². The zero-order valence-corrected chi connectivity index (χ0v) is 22.2. The fourth-order valence-corrected chi connectivity index (χ4v) is 4.94. The molecule has 0 fully saturated rings. The Morgan fingerprint density at radius 2 is 1.74 bits per heavy atom. The van der Waals surface area contributed by atoms with E-state index in [1.165, 1.54) is 16.3 Å². The molecule has 2 amide bonds. The number of anilines is 1. The molecule has 1 unspecified atom stereocenters. The van der Waals surface area contributed by atoms with Crippen molar-refractivity contribution in [1.82, 2.24) is 10.2 Å². The van der Waals surface area contributed by atoms with E-state index >= 15 is 0 Å². The van der Waals surface area contributed by atoms with Crippen LogP contribution in [-0.4, -0.2) is 57.6 Å². The molecule has 0 bridgehead atoms. The van der Waals surface area contributed by atoms with Gasteiger partial charge in [-0.25, -0.2) is 8.42 Å². The number of benzene rings is 2. The highest BCUT2D eigenvalue weighted by Crippen LogP contribution is 2.23. The van der Waals surface area contributed by atoms with Gasteiger partial charge in [-0.15, -0.1) is 0 Å². The van der Waals surface area contributed by atoms with Crippen LogP contribution >= 0.6 is 11.6 Å². The molecule has 0 saturated heterocycles. The maximum Gasteiger partial charge on any atom is 0.242 e. The average Bonchev–Trinajstić information content (AvgIpc) is 2.82. The maximum atomic E-state index is 13.3. The number of rotatable bonds is 13. The second-order valence-electron chi connectivity index (χ2n) is 8.02. The van der Waals surface area contributed by atoms with E-state index in [-0.39, 0.29) is 37.7 Å². The Hall–Kier alpha value is -2.78. The van der Waals surface area contributed by atoms with E-state index in [4.69, 9.17) is 16.3 Å². The average molecular weight is 524 g/mol. The summed E-state index contributed by atoms with van der Waals surface area (Å²) < 4.78 is 31.6. The molecule has 0 saturated carbocycles. The van der Waals surface area contributed by atoms with Gasteiger partial charge in [-0.3, -0.25) is 13.9 Å². The molecule has 10 heteroatoms. The molecule has 0 aliphatic carbocycles. The number of sulfonamides is 1. The smallest absolute Gasteiger partial charge is 0.242 e. The number of halogens is 1. The van der Waals surface area contributed by atoms with Crippen molar-refractivity contribution in [2.24, 2.45) is 0 Å². The number of carbonyl (C=O) groups is 2. The van der Waals surface area contributed by atoms with Gasteiger partial charge in [-0.05, 0) is 55.7 Å². The summed E-state index contributed by atoms with van der Waals surface area (Å²) in [6.07, 6.45) is 1.91. The number of likely N-dealkylation sites (N-methyl/N-ethyl adjacent to an activating group) is 1. The zero-order valence-electron chi connectivity index (χ0n) is 20.7. The van der Waals surface area contributed by atoms with Gasteiger partial charge in [0.05, 0.1) is 18.6 Å². The van der Waals surface area contributed by atoms with Crippen molar-refractivity contribution in [3.63, 3.8) is 0 Å². The normalized spacial score (nSPS) is 12.0. The molecule has 35 heavy (non-hydrogen) atoms. The fraction of sp³-hybridized carbons (Fsp3) is 0.440. The largest absolute Gasteiger partial charge is 0.494 e. The van der Waals surface area contributed by atoms with Crippen LogP contribution in [-0.2, 0) is 26.2 Å². The molecule has 0 aromatic heterocycles. The second-order valence-corrected chi connectivity index (χ2v) is 10.3. The molecule has 2 rings (SSSR count). The van der Waals surface area contributed by atoms with E-state index < -0.39 is 16.1 Å². The van der Waals surface area contributed by atoms with Crippen LogP contribution in [0.2, 0.25) is 5.02 Å². The first-order valence-corrected chi connectivity index (χ1v) is 13.8. The van der Waals surface area contributed by atoms with E-state index in [2.05, 4.69) is 5.32 Å². The van der Waals surface area contributed by atoms with Gasteiger partial charge in [-0.2, -0.15) is 0 Å². The van der Waals surface area contributed by atoms with E-state index in [1.807, 2.05) is 26.0 Å². The molecule has 0 aliphatic heterocycles. The van der Waals surface area contributed by atoms with Gasteiger partial charge >= 0.3 is 0 Å². The lowest BCUT2D eigenvalue weighted by molar-refractivity contribution is -0.141. The Labute approximate surface area is 213 Å². The molecule has 2 aromatic carbocycles. The monoisotopic (exact) mass is 523 g/mol. The minimum absolute atomic E-state index is 0.0704. The van der Waals surface area contributed by atoms with Gasteiger partial charge in [0.2, 0.25) is 21.8 Å². The quantitative estimate of drug-likeness (QED) is 0.430. The molecular weight excluding hydrogens is 490 g/mol. The third kappa shape index (κ3) is 8.14. The third-order valence-corrected chi connectivity index (χ3v) is 7.08. The predicted octanol–water partition coefficient (Wildman–Crippen LogP) is 3.84. The highest BCUT2D eigenvalue weighted by molar-refractivity contribution is 7.92. The van der Waals surface area contributed by atoms with Crippen LogP contribution in [0.3, 0.4) is 0 Å². The van der Waals surface area contributed by atoms with Crippen LogP contribution in [0.1, 0.15) is 38.7 Å². The number of hydrogen-bond donors (Lipinski definition) is 1. The predicted molar refractivity (Wildman–Crippen MR) is 139 cm³/mol.